The summed E-state index contributed by atoms with van der Waals surface area (Å²) in [7, 11) is 0. The second kappa shape index (κ2) is 12.3. The van der Waals surface area contributed by atoms with Crippen molar-refractivity contribution in [3.05, 3.63) is 44.9 Å². The van der Waals surface area contributed by atoms with Gasteiger partial charge in [0, 0.05) is 24.9 Å². The maximum absolute atomic E-state index is 12.6. The van der Waals surface area contributed by atoms with Gasteiger partial charge in [0.15, 0.2) is 11.7 Å². The van der Waals surface area contributed by atoms with Gasteiger partial charge in [0.2, 0.25) is 5.91 Å². The summed E-state index contributed by atoms with van der Waals surface area (Å²) in [5.41, 5.74) is 0.605. The number of carbonyl (C=O) groups is 1. The number of amides is 1. The molecule has 0 aliphatic rings. The van der Waals surface area contributed by atoms with E-state index in [-0.39, 0.29) is 54.4 Å². The minimum Gasteiger partial charge on any atom is -0.357 e. The predicted molar refractivity (Wildman–Crippen MR) is 125 cm³/mol. The Bertz CT molecular complexity index is 876. The van der Waals surface area contributed by atoms with E-state index < -0.39 is 11.9 Å². The van der Waals surface area contributed by atoms with E-state index in [2.05, 4.69) is 25.9 Å². The molecule has 0 saturated carbocycles. The summed E-state index contributed by atoms with van der Waals surface area (Å²) >= 11 is 6.99. The van der Waals surface area contributed by atoms with Gasteiger partial charge in [0.25, 0.3) is 0 Å². The zero-order chi connectivity index (χ0) is 21.4. The fraction of sp³-hybridized carbons (Fsp3) is 0.389. The average molecular weight is 576 g/mol. The van der Waals surface area contributed by atoms with Crippen LogP contribution in [-0.2, 0) is 17.5 Å². The summed E-state index contributed by atoms with van der Waals surface area (Å²) in [6.45, 7) is 4.60. The van der Waals surface area contributed by atoms with Crippen LogP contribution in [-0.4, -0.2) is 29.9 Å². The van der Waals surface area contributed by atoms with E-state index in [1.165, 1.54) is 0 Å². The fourth-order valence-electron chi connectivity index (χ4n) is 2.23. The molecular formula is C18H22ClF3IN5OS. The number of thiazole rings is 1. The number of nitrogens with zero attached hydrogens (tertiary/aromatic N) is 2. The Morgan fingerprint density at radius 1 is 1.30 bits per heavy atom. The van der Waals surface area contributed by atoms with Crippen LogP contribution in [0.4, 0.5) is 18.9 Å². The molecule has 0 unspecified atom stereocenters. The van der Waals surface area contributed by atoms with Crippen molar-refractivity contribution in [1.82, 2.24) is 15.6 Å². The lowest BCUT2D eigenvalue weighted by Crippen LogP contribution is -2.38. The Morgan fingerprint density at radius 3 is 2.63 bits per heavy atom. The number of benzene rings is 1. The first-order valence-corrected chi connectivity index (χ1v) is 10.0. The Balaban J connectivity index is 0.00000450. The van der Waals surface area contributed by atoms with Crippen molar-refractivity contribution in [2.24, 2.45) is 4.99 Å². The number of nitrogens with one attached hydrogen (secondary N) is 3. The minimum atomic E-state index is -4.46. The molecule has 0 saturated heterocycles. The summed E-state index contributed by atoms with van der Waals surface area (Å²) < 4.78 is 37.8. The number of aryl methyl sites for hydroxylation is 1. The van der Waals surface area contributed by atoms with Crippen LogP contribution in [0.25, 0.3) is 0 Å². The van der Waals surface area contributed by atoms with Crippen molar-refractivity contribution in [3.63, 3.8) is 0 Å². The van der Waals surface area contributed by atoms with Crippen molar-refractivity contribution < 1.29 is 18.0 Å². The minimum absolute atomic E-state index is 0. The van der Waals surface area contributed by atoms with E-state index in [0.717, 1.165) is 22.3 Å². The lowest BCUT2D eigenvalue weighted by atomic mass is 10.2. The van der Waals surface area contributed by atoms with Crippen molar-refractivity contribution in [1.29, 1.82) is 0 Å². The lowest BCUT2D eigenvalue weighted by molar-refractivity contribution is -0.140. The van der Waals surface area contributed by atoms with Crippen LogP contribution in [0.1, 0.15) is 29.6 Å². The van der Waals surface area contributed by atoms with Crippen molar-refractivity contribution in [2.45, 2.75) is 33.0 Å². The highest BCUT2D eigenvalue weighted by Gasteiger charge is 2.33. The van der Waals surface area contributed by atoms with Gasteiger partial charge in [-0.05, 0) is 31.5 Å². The van der Waals surface area contributed by atoms with Gasteiger partial charge in [0.1, 0.15) is 5.01 Å². The molecule has 3 N–H and O–H groups in total. The van der Waals surface area contributed by atoms with Crippen LogP contribution in [0.15, 0.2) is 28.6 Å². The molecule has 166 valence electrons. The second-order valence-electron chi connectivity index (χ2n) is 6.03. The van der Waals surface area contributed by atoms with Crippen LogP contribution in [0.2, 0.25) is 5.02 Å². The molecule has 0 atom stereocenters. The Labute approximate surface area is 198 Å². The Morgan fingerprint density at radius 2 is 2.03 bits per heavy atom. The summed E-state index contributed by atoms with van der Waals surface area (Å²) in [4.78, 5) is 19.8. The van der Waals surface area contributed by atoms with E-state index in [9.17, 15) is 18.0 Å². The van der Waals surface area contributed by atoms with Gasteiger partial charge in [-0.25, -0.2) is 9.98 Å². The third kappa shape index (κ3) is 8.64. The summed E-state index contributed by atoms with van der Waals surface area (Å²) in [5, 5.41) is 10.3. The van der Waals surface area contributed by atoms with Crippen molar-refractivity contribution >= 4 is 64.5 Å². The van der Waals surface area contributed by atoms with Gasteiger partial charge in [-0.1, -0.05) is 17.7 Å². The first-order valence-electron chi connectivity index (χ1n) is 8.78. The van der Waals surface area contributed by atoms with Crippen LogP contribution in [0, 0.1) is 6.92 Å². The van der Waals surface area contributed by atoms with Gasteiger partial charge in [-0.15, -0.1) is 35.3 Å². The van der Waals surface area contributed by atoms with Crippen LogP contribution >= 0.6 is 46.9 Å². The van der Waals surface area contributed by atoms with Gasteiger partial charge in [-0.2, -0.15) is 13.2 Å². The molecule has 0 spiro atoms. The summed E-state index contributed by atoms with van der Waals surface area (Å²) in [6, 6.07) is 5.34. The van der Waals surface area contributed by atoms with E-state index in [1.54, 1.807) is 12.1 Å². The van der Waals surface area contributed by atoms with Gasteiger partial charge < -0.3 is 16.0 Å². The van der Waals surface area contributed by atoms with E-state index in [0.29, 0.717) is 23.2 Å². The maximum atomic E-state index is 12.6. The molecule has 30 heavy (non-hydrogen) atoms. The van der Waals surface area contributed by atoms with E-state index >= 15 is 0 Å². The number of aliphatic imine (C=N–C) groups is 1. The van der Waals surface area contributed by atoms with E-state index in [1.807, 2.05) is 19.9 Å². The van der Waals surface area contributed by atoms with Gasteiger partial charge in [0.05, 0.1) is 17.3 Å². The maximum Gasteiger partial charge on any atom is 0.434 e. The molecule has 12 heteroatoms. The van der Waals surface area contributed by atoms with Crippen molar-refractivity contribution in [3.8, 4) is 0 Å². The standard InChI is InChI=1S/C18H21ClF3N5OS.HI/c1-3-23-17(25-9-16-27-14(10-29-16)18(20,21)22)24-7-6-15(28)26-13-5-4-11(2)8-12(13)19;/h4-5,8,10H,3,6-7,9H2,1-2H3,(H,26,28)(H2,23,24,25);1H. The normalized spacial score (nSPS) is 11.6. The molecule has 0 fully saturated rings. The van der Waals surface area contributed by atoms with Crippen LogP contribution in [0.5, 0.6) is 0 Å². The molecular weight excluding hydrogens is 554 g/mol. The van der Waals surface area contributed by atoms with Crippen molar-refractivity contribution in [2.75, 3.05) is 18.4 Å². The lowest BCUT2D eigenvalue weighted by Gasteiger charge is -2.11. The average Bonchev–Trinajstić information content (AvgIpc) is 3.11. The van der Waals surface area contributed by atoms with E-state index in [4.69, 9.17) is 11.6 Å². The first kappa shape index (κ1) is 26.4. The molecule has 1 heterocycles. The number of aromatic nitrogens is 1. The highest BCUT2D eigenvalue weighted by Crippen LogP contribution is 2.30. The summed E-state index contributed by atoms with van der Waals surface area (Å²) in [6.07, 6.45) is -4.31. The molecule has 1 aromatic carbocycles. The predicted octanol–water partition coefficient (Wildman–Crippen LogP) is 4.83. The van der Waals surface area contributed by atoms with Gasteiger partial charge >= 0.3 is 6.18 Å². The molecule has 1 amide bonds. The second-order valence-corrected chi connectivity index (χ2v) is 7.38. The highest BCUT2D eigenvalue weighted by molar-refractivity contribution is 14.0. The number of rotatable bonds is 7. The summed E-state index contributed by atoms with van der Waals surface area (Å²) in [5.74, 6) is 0.159. The van der Waals surface area contributed by atoms with Crippen LogP contribution < -0.4 is 16.0 Å². The molecule has 0 bridgehead atoms. The number of alkyl halides is 3. The topological polar surface area (TPSA) is 78.4 Å². The Hall–Kier alpha value is -1.60. The molecule has 0 radical (unpaired) electrons. The zero-order valence-corrected chi connectivity index (χ0v) is 20.2. The van der Waals surface area contributed by atoms with Crippen LogP contribution in [0.3, 0.4) is 0 Å². The SMILES string of the molecule is CCNC(=NCc1nc(C(F)(F)F)cs1)NCCC(=O)Nc1ccc(C)cc1Cl.I. The fourth-order valence-corrected chi connectivity index (χ4v) is 3.24. The Kier molecular flexibility index (Phi) is 10.8. The largest absolute Gasteiger partial charge is 0.434 e. The highest BCUT2D eigenvalue weighted by atomic mass is 127. The molecule has 1 aromatic heterocycles. The third-order valence-electron chi connectivity index (χ3n) is 3.60. The number of halogens is 5. The number of hydrogen-bond donors (Lipinski definition) is 3. The number of guanidine groups is 1. The molecule has 2 aromatic rings. The first-order chi connectivity index (χ1) is 13.7. The van der Waals surface area contributed by atoms with Gasteiger partial charge in [-0.3, -0.25) is 4.79 Å². The monoisotopic (exact) mass is 575 g/mol. The quantitative estimate of drug-likeness (QED) is 0.251. The third-order valence-corrected chi connectivity index (χ3v) is 4.75. The number of anilines is 1. The smallest absolute Gasteiger partial charge is 0.357 e. The molecule has 2 rings (SSSR count). The number of hydrogen-bond acceptors (Lipinski definition) is 4. The molecule has 0 aliphatic heterocycles. The zero-order valence-electron chi connectivity index (χ0n) is 16.3. The molecule has 6 nitrogen and oxygen atoms in total. The molecule has 0 aliphatic carbocycles. The number of carbonyl (C=O) groups excluding carboxylic acids is 1.